The summed E-state index contributed by atoms with van der Waals surface area (Å²) in [5.74, 6) is -0.275. The number of nitrogens with one attached hydrogen (secondary N) is 2. The summed E-state index contributed by atoms with van der Waals surface area (Å²) < 4.78 is 0. The van der Waals surface area contributed by atoms with Gasteiger partial charge in [-0.3, -0.25) is 14.4 Å². The van der Waals surface area contributed by atoms with Crippen LogP contribution in [0.5, 0.6) is 0 Å². The minimum absolute atomic E-state index is 0.0147. The van der Waals surface area contributed by atoms with Crippen LogP contribution >= 0.6 is 0 Å². The van der Waals surface area contributed by atoms with Crippen LogP contribution in [0.3, 0.4) is 0 Å². The van der Waals surface area contributed by atoms with E-state index in [0.717, 1.165) is 18.4 Å². The average molecular weight is 343 g/mol. The van der Waals surface area contributed by atoms with Gasteiger partial charge in [0.05, 0.1) is 24.2 Å². The van der Waals surface area contributed by atoms with E-state index in [9.17, 15) is 14.4 Å². The smallest absolute Gasteiger partial charge is 0.242 e. The molecule has 134 valence electrons. The van der Waals surface area contributed by atoms with Crippen molar-refractivity contribution >= 4 is 17.7 Å². The van der Waals surface area contributed by atoms with E-state index in [1.54, 1.807) is 0 Å². The van der Waals surface area contributed by atoms with Crippen molar-refractivity contribution in [2.45, 2.75) is 57.2 Å². The molecule has 0 aliphatic carbocycles. The van der Waals surface area contributed by atoms with E-state index in [0.29, 0.717) is 12.8 Å². The largest absolute Gasteiger partial charge is 0.349 e. The highest BCUT2D eigenvalue weighted by molar-refractivity contribution is 5.85. The summed E-state index contributed by atoms with van der Waals surface area (Å²) in [4.78, 5) is 38.1. The van der Waals surface area contributed by atoms with Crippen molar-refractivity contribution < 1.29 is 14.4 Å². The number of likely N-dealkylation sites (tertiary alicyclic amines) is 1. The summed E-state index contributed by atoms with van der Waals surface area (Å²) >= 11 is 0. The summed E-state index contributed by atoms with van der Waals surface area (Å²) in [5.41, 5.74) is 0.613. The summed E-state index contributed by atoms with van der Waals surface area (Å²) in [7, 11) is 0. The Morgan fingerprint density at radius 3 is 2.72 bits per heavy atom. The summed E-state index contributed by atoms with van der Waals surface area (Å²) in [6, 6.07) is 9.73. The second-order valence-corrected chi connectivity index (χ2v) is 7.22. The van der Waals surface area contributed by atoms with Gasteiger partial charge in [-0.2, -0.15) is 0 Å². The Morgan fingerprint density at radius 2 is 2.04 bits per heavy atom. The maximum Gasteiger partial charge on any atom is 0.242 e. The lowest BCUT2D eigenvalue weighted by Gasteiger charge is -2.35. The van der Waals surface area contributed by atoms with Crippen LogP contribution in [0.2, 0.25) is 0 Å². The fourth-order valence-electron chi connectivity index (χ4n) is 4.18. The minimum Gasteiger partial charge on any atom is -0.349 e. The first-order chi connectivity index (χ1) is 11.9. The summed E-state index contributed by atoms with van der Waals surface area (Å²) in [6.07, 6.45) is 2.72. The molecule has 2 N–H and O–H groups in total. The zero-order valence-corrected chi connectivity index (χ0v) is 14.7. The van der Waals surface area contributed by atoms with Crippen molar-refractivity contribution in [1.29, 1.82) is 0 Å². The molecule has 25 heavy (non-hydrogen) atoms. The fourth-order valence-corrected chi connectivity index (χ4v) is 4.18. The van der Waals surface area contributed by atoms with Crippen LogP contribution in [-0.2, 0) is 14.4 Å². The molecule has 0 saturated carbocycles. The van der Waals surface area contributed by atoms with Crippen molar-refractivity contribution in [3.63, 3.8) is 0 Å². The molecule has 3 atom stereocenters. The molecule has 0 aromatic heterocycles. The van der Waals surface area contributed by atoms with E-state index in [2.05, 4.69) is 10.6 Å². The first-order valence-electron chi connectivity index (χ1n) is 8.82. The van der Waals surface area contributed by atoms with Crippen LogP contribution in [0, 0.1) is 0 Å². The number of rotatable bonds is 3. The molecule has 3 rings (SSSR count). The van der Waals surface area contributed by atoms with Crippen molar-refractivity contribution in [2.75, 3.05) is 6.54 Å². The maximum absolute atomic E-state index is 12.9. The van der Waals surface area contributed by atoms with E-state index >= 15 is 0 Å². The van der Waals surface area contributed by atoms with Crippen molar-refractivity contribution in [3.8, 4) is 0 Å². The van der Waals surface area contributed by atoms with Gasteiger partial charge in [-0.1, -0.05) is 30.3 Å². The lowest BCUT2D eigenvalue weighted by molar-refractivity contribution is -0.136. The van der Waals surface area contributed by atoms with Crippen LogP contribution in [-0.4, -0.2) is 40.7 Å². The van der Waals surface area contributed by atoms with Gasteiger partial charge in [0.25, 0.3) is 0 Å². The predicted octanol–water partition coefficient (Wildman–Crippen LogP) is 1.52. The molecule has 2 saturated heterocycles. The third-order valence-corrected chi connectivity index (χ3v) is 5.29. The molecule has 0 spiro atoms. The van der Waals surface area contributed by atoms with Gasteiger partial charge in [0.2, 0.25) is 17.7 Å². The highest BCUT2D eigenvalue weighted by Crippen LogP contribution is 2.45. The first-order valence-corrected chi connectivity index (χ1v) is 8.82. The molecule has 3 amide bonds. The Hall–Kier alpha value is -2.37. The number of nitrogens with zero attached hydrogens (tertiary/aromatic N) is 1. The second-order valence-electron chi connectivity index (χ2n) is 7.22. The molecule has 0 bridgehead atoms. The Balaban J connectivity index is 1.94. The lowest BCUT2D eigenvalue weighted by Crippen LogP contribution is -2.55. The van der Waals surface area contributed by atoms with Gasteiger partial charge in [-0.25, -0.2) is 0 Å². The molecule has 0 unspecified atom stereocenters. The van der Waals surface area contributed by atoms with E-state index < -0.39 is 5.54 Å². The zero-order chi connectivity index (χ0) is 18.0. The zero-order valence-electron chi connectivity index (χ0n) is 14.7. The van der Waals surface area contributed by atoms with E-state index in [1.165, 1.54) is 6.92 Å². The summed E-state index contributed by atoms with van der Waals surface area (Å²) in [6.45, 7) is 3.42. The quantitative estimate of drug-likeness (QED) is 0.873. The number of carbonyl (C=O) groups excluding carboxylic acids is 3. The first kappa shape index (κ1) is 17.5. The highest BCUT2D eigenvalue weighted by Gasteiger charge is 2.52. The topological polar surface area (TPSA) is 78.5 Å². The third-order valence-electron chi connectivity index (χ3n) is 5.29. The van der Waals surface area contributed by atoms with Crippen molar-refractivity contribution in [1.82, 2.24) is 15.5 Å². The lowest BCUT2D eigenvalue weighted by atomic mass is 9.88. The van der Waals surface area contributed by atoms with Crippen LogP contribution in [0.15, 0.2) is 30.3 Å². The van der Waals surface area contributed by atoms with Crippen LogP contribution in [0.25, 0.3) is 0 Å². The molecule has 2 heterocycles. The second kappa shape index (κ2) is 6.86. The van der Waals surface area contributed by atoms with E-state index in [1.807, 2.05) is 42.2 Å². The molecule has 2 aliphatic rings. The monoisotopic (exact) mass is 343 g/mol. The van der Waals surface area contributed by atoms with Gasteiger partial charge >= 0.3 is 0 Å². The predicted molar refractivity (Wildman–Crippen MR) is 93.5 cm³/mol. The average Bonchev–Trinajstić information content (AvgIpc) is 2.77. The minimum atomic E-state index is -0.444. The molecule has 6 heteroatoms. The number of fused-ring (bicyclic) bond motifs is 1. The Labute approximate surface area is 148 Å². The van der Waals surface area contributed by atoms with Crippen molar-refractivity contribution in [3.05, 3.63) is 35.9 Å². The molecule has 1 aromatic carbocycles. The van der Waals surface area contributed by atoms with Crippen LogP contribution in [0.1, 0.15) is 51.1 Å². The molecular formula is C19H25N3O3. The Morgan fingerprint density at radius 1 is 1.32 bits per heavy atom. The fraction of sp³-hybridized carbons (Fsp3) is 0.526. The van der Waals surface area contributed by atoms with Crippen LogP contribution in [0.4, 0.5) is 0 Å². The number of amides is 3. The SMILES string of the molecule is CC(=O)NCC(=O)N1[C@H]2CCCC(=O)N[C@@]2(C)C[C@H]1c1ccccc1. The normalized spacial score (nSPS) is 28.7. The number of carbonyl (C=O) groups is 3. The van der Waals surface area contributed by atoms with Gasteiger partial charge < -0.3 is 15.5 Å². The Bertz CT molecular complexity index is 676. The molecular weight excluding hydrogens is 318 g/mol. The van der Waals surface area contributed by atoms with Crippen LogP contribution < -0.4 is 10.6 Å². The number of hydrogen-bond donors (Lipinski definition) is 2. The molecule has 6 nitrogen and oxygen atoms in total. The van der Waals surface area contributed by atoms with Gasteiger partial charge in [0.1, 0.15) is 0 Å². The van der Waals surface area contributed by atoms with Gasteiger partial charge in [0, 0.05) is 13.3 Å². The highest BCUT2D eigenvalue weighted by atomic mass is 16.2. The molecule has 0 radical (unpaired) electrons. The molecule has 2 fully saturated rings. The van der Waals surface area contributed by atoms with Gasteiger partial charge in [-0.15, -0.1) is 0 Å². The standard InChI is InChI=1S/C19H25N3O3/c1-13(23)20-12-18(25)22-15(14-7-4-3-5-8-14)11-19(2)16(22)9-6-10-17(24)21-19/h3-5,7-8,15-16H,6,9-12H2,1-2H3,(H,20,23)(H,21,24)/t15-,16-,19-/m0/s1. The maximum atomic E-state index is 12.9. The third kappa shape index (κ3) is 3.52. The number of benzene rings is 1. The van der Waals surface area contributed by atoms with E-state index in [4.69, 9.17) is 0 Å². The molecule has 1 aromatic rings. The summed E-state index contributed by atoms with van der Waals surface area (Å²) in [5, 5.41) is 5.76. The van der Waals surface area contributed by atoms with Gasteiger partial charge in [0.15, 0.2) is 0 Å². The Kier molecular flexibility index (Phi) is 4.79. The number of hydrogen-bond acceptors (Lipinski definition) is 3. The molecule has 2 aliphatic heterocycles. The van der Waals surface area contributed by atoms with Gasteiger partial charge in [-0.05, 0) is 31.7 Å². The van der Waals surface area contributed by atoms with Crippen molar-refractivity contribution in [2.24, 2.45) is 0 Å². The van der Waals surface area contributed by atoms with E-state index in [-0.39, 0.29) is 36.3 Å².